The zero-order valence-electron chi connectivity index (χ0n) is 11.7. The lowest BCUT2D eigenvalue weighted by atomic mass is 10.0. The van der Waals surface area contributed by atoms with E-state index in [1.165, 1.54) is 11.3 Å². The third-order valence-electron chi connectivity index (χ3n) is 3.73. The van der Waals surface area contributed by atoms with Gasteiger partial charge in [0.25, 0.3) is 5.91 Å². The summed E-state index contributed by atoms with van der Waals surface area (Å²) in [4.78, 5) is 13.1. The number of thiophene rings is 1. The average Bonchev–Trinajstić information content (AvgIpc) is 2.77. The summed E-state index contributed by atoms with van der Waals surface area (Å²) in [6.07, 6.45) is 1.89. The molecule has 0 bridgehead atoms. The van der Waals surface area contributed by atoms with Crippen LogP contribution in [0.5, 0.6) is 0 Å². The number of carbonyl (C=O) groups excluding carboxylic acids is 1. The van der Waals surface area contributed by atoms with Crippen LogP contribution in [0.25, 0.3) is 10.1 Å². The fraction of sp³-hybridized carbons (Fsp3) is 0.400. The van der Waals surface area contributed by atoms with Gasteiger partial charge in [-0.2, -0.15) is 0 Å². The van der Waals surface area contributed by atoms with Crippen molar-refractivity contribution in [2.24, 2.45) is 0 Å². The molecule has 6 heteroatoms. The van der Waals surface area contributed by atoms with Crippen molar-refractivity contribution in [3.8, 4) is 0 Å². The quantitative estimate of drug-likeness (QED) is 0.851. The van der Waals surface area contributed by atoms with Crippen LogP contribution in [0.4, 0.5) is 5.69 Å². The third kappa shape index (κ3) is 2.93. The molecule has 1 aromatic heterocycles. The van der Waals surface area contributed by atoms with E-state index in [0.717, 1.165) is 27.4 Å². The van der Waals surface area contributed by atoms with E-state index in [2.05, 4.69) is 21.2 Å². The van der Waals surface area contributed by atoms with Gasteiger partial charge in [0.15, 0.2) is 0 Å². The molecule has 0 aliphatic carbocycles. The molecular formula is C15H17BrN2O2S. The van der Waals surface area contributed by atoms with Crippen LogP contribution < -0.4 is 11.1 Å². The number of ether oxygens (including phenoxy) is 1. The van der Waals surface area contributed by atoms with E-state index >= 15 is 0 Å². The highest BCUT2D eigenvalue weighted by atomic mass is 79.9. The molecule has 1 aliphatic rings. The fourth-order valence-electron chi connectivity index (χ4n) is 2.68. The largest absolute Gasteiger partial charge is 0.397 e. The topological polar surface area (TPSA) is 64.4 Å². The summed E-state index contributed by atoms with van der Waals surface area (Å²) in [6, 6.07) is 6.03. The van der Waals surface area contributed by atoms with Gasteiger partial charge >= 0.3 is 0 Å². The number of nitrogen functional groups attached to an aromatic ring is 1. The van der Waals surface area contributed by atoms with Gasteiger partial charge in [-0.25, -0.2) is 0 Å². The number of benzene rings is 1. The first-order valence-electron chi connectivity index (χ1n) is 6.95. The van der Waals surface area contributed by atoms with Gasteiger partial charge < -0.3 is 15.8 Å². The van der Waals surface area contributed by atoms with Crippen molar-refractivity contribution in [1.82, 2.24) is 5.32 Å². The van der Waals surface area contributed by atoms with E-state index in [0.29, 0.717) is 17.2 Å². The Morgan fingerprint density at radius 1 is 1.52 bits per heavy atom. The fourth-order valence-corrected chi connectivity index (χ4v) is 4.44. The molecule has 1 aromatic carbocycles. The second-order valence-corrected chi connectivity index (χ2v) is 7.24. The highest BCUT2D eigenvalue weighted by Crippen LogP contribution is 2.38. The molecule has 0 saturated carbocycles. The van der Waals surface area contributed by atoms with E-state index < -0.39 is 0 Å². The summed E-state index contributed by atoms with van der Waals surface area (Å²) in [5.41, 5.74) is 6.72. The molecule has 1 aliphatic heterocycles. The van der Waals surface area contributed by atoms with Gasteiger partial charge in [0.2, 0.25) is 0 Å². The first kappa shape index (κ1) is 14.8. The maximum absolute atomic E-state index is 12.5. The van der Waals surface area contributed by atoms with E-state index in [-0.39, 0.29) is 18.1 Å². The van der Waals surface area contributed by atoms with E-state index in [1.807, 2.05) is 25.1 Å². The van der Waals surface area contributed by atoms with Gasteiger partial charge in [-0.1, -0.05) is 22.0 Å². The Kier molecular flexibility index (Phi) is 4.19. The number of anilines is 1. The van der Waals surface area contributed by atoms with Crippen molar-refractivity contribution in [1.29, 1.82) is 0 Å². The molecule has 3 rings (SSSR count). The third-order valence-corrected chi connectivity index (χ3v) is 5.56. The summed E-state index contributed by atoms with van der Waals surface area (Å²) < 4.78 is 7.45. The predicted molar refractivity (Wildman–Crippen MR) is 89.8 cm³/mol. The lowest BCUT2D eigenvalue weighted by Crippen LogP contribution is -2.41. The molecule has 2 atom stereocenters. The Bertz CT molecular complexity index is 686. The number of carbonyl (C=O) groups is 1. The number of nitrogens with one attached hydrogen (secondary N) is 1. The van der Waals surface area contributed by atoms with Crippen molar-refractivity contribution in [2.75, 3.05) is 12.3 Å². The molecule has 0 radical (unpaired) electrons. The Morgan fingerprint density at radius 3 is 3.05 bits per heavy atom. The monoisotopic (exact) mass is 368 g/mol. The van der Waals surface area contributed by atoms with Gasteiger partial charge in [0.1, 0.15) is 4.88 Å². The van der Waals surface area contributed by atoms with Crippen molar-refractivity contribution in [3.63, 3.8) is 0 Å². The minimum atomic E-state index is -0.0836. The normalized spacial score (nSPS) is 22.4. The molecule has 2 unspecified atom stereocenters. The first-order valence-corrected chi connectivity index (χ1v) is 8.56. The molecule has 112 valence electrons. The molecule has 2 aromatic rings. The SMILES string of the molecule is CC1CC(NC(=O)c2sc3cccc(Br)c3c2N)CCO1. The van der Waals surface area contributed by atoms with E-state index in [1.54, 1.807) is 0 Å². The molecule has 0 spiro atoms. The van der Waals surface area contributed by atoms with Gasteiger partial charge in [-0.3, -0.25) is 4.79 Å². The molecule has 2 heterocycles. The second kappa shape index (κ2) is 5.94. The Balaban J connectivity index is 1.85. The van der Waals surface area contributed by atoms with E-state index in [4.69, 9.17) is 10.5 Å². The number of hydrogen-bond donors (Lipinski definition) is 2. The molecule has 21 heavy (non-hydrogen) atoms. The number of amides is 1. The van der Waals surface area contributed by atoms with Crippen LogP contribution in [-0.4, -0.2) is 24.7 Å². The van der Waals surface area contributed by atoms with Crippen LogP contribution in [0.15, 0.2) is 22.7 Å². The highest BCUT2D eigenvalue weighted by Gasteiger charge is 2.24. The van der Waals surface area contributed by atoms with Crippen molar-refractivity contribution >= 4 is 48.9 Å². The minimum Gasteiger partial charge on any atom is -0.397 e. The Hall–Kier alpha value is -1.11. The molecular weight excluding hydrogens is 352 g/mol. The van der Waals surface area contributed by atoms with Crippen LogP contribution in [0.3, 0.4) is 0 Å². The molecule has 1 saturated heterocycles. The van der Waals surface area contributed by atoms with Crippen molar-refractivity contribution in [3.05, 3.63) is 27.5 Å². The predicted octanol–water partition coefficient (Wildman–Crippen LogP) is 3.54. The zero-order chi connectivity index (χ0) is 15.0. The lowest BCUT2D eigenvalue weighted by Gasteiger charge is -2.27. The van der Waals surface area contributed by atoms with Crippen molar-refractivity contribution < 1.29 is 9.53 Å². The first-order chi connectivity index (χ1) is 10.1. The number of nitrogens with two attached hydrogens (primary N) is 1. The summed E-state index contributed by atoms with van der Waals surface area (Å²) in [7, 11) is 0. The van der Waals surface area contributed by atoms with Crippen LogP contribution in [0.2, 0.25) is 0 Å². The number of hydrogen-bond acceptors (Lipinski definition) is 4. The van der Waals surface area contributed by atoms with Gasteiger partial charge in [0, 0.05) is 27.2 Å². The van der Waals surface area contributed by atoms with E-state index in [9.17, 15) is 4.79 Å². The molecule has 4 nitrogen and oxygen atoms in total. The number of halogens is 1. The smallest absolute Gasteiger partial charge is 0.263 e. The van der Waals surface area contributed by atoms with Crippen LogP contribution in [0, 0.1) is 0 Å². The highest BCUT2D eigenvalue weighted by molar-refractivity contribution is 9.10. The minimum absolute atomic E-state index is 0.0836. The van der Waals surface area contributed by atoms with Crippen LogP contribution in [0.1, 0.15) is 29.4 Å². The zero-order valence-corrected chi connectivity index (χ0v) is 14.1. The maximum atomic E-state index is 12.5. The standard InChI is InChI=1S/C15H17BrN2O2S/c1-8-7-9(5-6-20-8)18-15(19)14-13(17)12-10(16)3-2-4-11(12)21-14/h2-4,8-9H,5-7,17H2,1H3,(H,18,19). The Morgan fingerprint density at radius 2 is 2.33 bits per heavy atom. The average molecular weight is 369 g/mol. The van der Waals surface area contributed by atoms with Gasteiger partial charge in [0.05, 0.1) is 11.8 Å². The summed E-state index contributed by atoms with van der Waals surface area (Å²) in [5.74, 6) is -0.0836. The molecule has 1 fully saturated rings. The Labute approximate surface area is 135 Å². The maximum Gasteiger partial charge on any atom is 0.263 e. The number of fused-ring (bicyclic) bond motifs is 1. The molecule has 1 amide bonds. The number of rotatable bonds is 2. The molecule has 3 N–H and O–H groups in total. The van der Waals surface area contributed by atoms with Crippen molar-refractivity contribution in [2.45, 2.75) is 31.9 Å². The summed E-state index contributed by atoms with van der Waals surface area (Å²) in [5, 5.41) is 4.01. The summed E-state index contributed by atoms with van der Waals surface area (Å²) in [6.45, 7) is 2.72. The van der Waals surface area contributed by atoms with Gasteiger partial charge in [-0.05, 0) is 31.9 Å². The van der Waals surface area contributed by atoms with Crippen LogP contribution >= 0.6 is 27.3 Å². The second-order valence-electron chi connectivity index (χ2n) is 5.33. The van der Waals surface area contributed by atoms with Crippen LogP contribution in [-0.2, 0) is 4.74 Å². The lowest BCUT2D eigenvalue weighted by molar-refractivity contribution is 0.0137. The summed E-state index contributed by atoms with van der Waals surface area (Å²) >= 11 is 4.93. The van der Waals surface area contributed by atoms with Gasteiger partial charge in [-0.15, -0.1) is 11.3 Å².